The second-order valence-corrected chi connectivity index (χ2v) is 3.61. The SMILES string of the molecule is NCC(O)c1nc(Cc2cccc(F)c2)no1. The van der Waals surface area contributed by atoms with Crippen molar-refractivity contribution in [2.24, 2.45) is 5.73 Å². The number of nitrogens with two attached hydrogens (primary N) is 1. The predicted octanol–water partition coefficient (Wildman–Crippen LogP) is 0.792. The number of rotatable bonds is 4. The highest BCUT2D eigenvalue weighted by Crippen LogP contribution is 2.12. The fourth-order valence-electron chi connectivity index (χ4n) is 1.40. The summed E-state index contributed by atoms with van der Waals surface area (Å²) < 4.78 is 17.8. The Bertz CT molecular complexity index is 501. The largest absolute Gasteiger partial charge is 0.382 e. The van der Waals surface area contributed by atoms with E-state index in [1.807, 2.05) is 0 Å². The lowest BCUT2D eigenvalue weighted by molar-refractivity contribution is 0.141. The Kier molecular flexibility index (Phi) is 3.46. The summed E-state index contributed by atoms with van der Waals surface area (Å²) in [5, 5.41) is 13.1. The van der Waals surface area contributed by atoms with Crippen LogP contribution < -0.4 is 5.73 Å². The minimum atomic E-state index is -0.955. The third-order valence-electron chi connectivity index (χ3n) is 2.24. The molecule has 0 amide bonds. The van der Waals surface area contributed by atoms with Crippen LogP contribution in [0.2, 0.25) is 0 Å². The summed E-state index contributed by atoms with van der Waals surface area (Å²) >= 11 is 0. The van der Waals surface area contributed by atoms with Crippen LogP contribution in [-0.2, 0) is 6.42 Å². The molecule has 1 aromatic carbocycles. The third-order valence-corrected chi connectivity index (χ3v) is 2.24. The van der Waals surface area contributed by atoms with E-state index in [4.69, 9.17) is 10.3 Å². The first-order chi connectivity index (χ1) is 8.19. The Labute approximate surface area is 97.1 Å². The molecule has 0 spiro atoms. The van der Waals surface area contributed by atoms with Crippen molar-refractivity contribution in [1.29, 1.82) is 0 Å². The minimum absolute atomic E-state index is 0.0155. The maximum atomic E-state index is 12.9. The van der Waals surface area contributed by atoms with E-state index < -0.39 is 6.10 Å². The van der Waals surface area contributed by atoms with Gasteiger partial charge in [0, 0.05) is 13.0 Å². The van der Waals surface area contributed by atoms with Crippen molar-refractivity contribution in [2.75, 3.05) is 6.54 Å². The van der Waals surface area contributed by atoms with Crippen molar-refractivity contribution < 1.29 is 14.0 Å². The monoisotopic (exact) mass is 237 g/mol. The zero-order valence-corrected chi connectivity index (χ0v) is 9.01. The molecule has 90 valence electrons. The van der Waals surface area contributed by atoms with E-state index in [1.54, 1.807) is 12.1 Å². The van der Waals surface area contributed by atoms with Gasteiger partial charge in [-0.15, -0.1) is 0 Å². The molecule has 6 heteroatoms. The molecule has 17 heavy (non-hydrogen) atoms. The molecule has 0 bridgehead atoms. The molecule has 0 aliphatic carbocycles. The lowest BCUT2D eigenvalue weighted by Gasteiger charge is -1.98. The van der Waals surface area contributed by atoms with Gasteiger partial charge >= 0.3 is 0 Å². The molecule has 0 radical (unpaired) electrons. The van der Waals surface area contributed by atoms with Gasteiger partial charge in [0.25, 0.3) is 5.89 Å². The molecule has 2 aromatic rings. The van der Waals surface area contributed by atoms with E-state index in [0.29, 0.717) is 12.2 Å². The van der Waals surface area contributed by atoms with Crippen LogP contribution in [0.15, 0.2) is 28.8 Å². The van der Waals surface area contributed by atoms with Crippen molar-refractivity contribution in [3.8, 4) is 0 Å². The van der Waals surface area contributed by atoms with Gasteiger partial charge in [-0.05, 0) is 17.7 Å². The lowest BCUT2D eigenvalue weighted by Crippen LogP contribution is -2.11. The van der Waals surface area contributed by atoms with E-state index in [9.17, 15) is 9.50 Å². The Morgan fingerprint density at radius 1 is 1.47 bits per heavy atom. The first-order valence-corrected chi connectivity index (χ1v) is 5.14. The van der Waals surface area contributed by atoms with Crippen LogP contribution in [0.3, 0.4) is 0 Å². The van der Waals surface area contributed by atoms with Crippen LogP contribution in [0.1, 0.15) is 23.4 Å². The molecule has 0 saturated carbocycles. The topological polar surface area (TPSA) is 85.2 Å². The fraction of sp³-hybridized carbons (Fsp3) is 0.273. The number of aliphatic hydroxyl groups is 1. The van der Waals surface area contributed by atoms with Gasteiger partial charge in [-0.2, -0.15) is 4.98 Å². The van der Waals surface area contributed by atoms with Crippen LogP contribution in [0, 0.1) is 5.82 Å². The minimum Gasteiger partial charge on any atom is -0.382 e. The number of hydrogen-bond donors (Lipinski definition) is 2. The summed E-state index contributed by atoms with van der Waals surface area (Å²) in [6.45, 7) is 0.0155. The van der Waals surface area contributed by atoms with Crippen LogP contribution >= 0.6 is 0 Å². The van der Waals surface area contributed by atoms with Crippen LogP contribution in [0.25, 0.3) is 0 Å². The quantitative estimate of drug-likeness (QED) is 0.821. The van der Waals surface area contributed by atoms with Crippen LogP contribution in [-0.4, -0.2) is 21.8 Å². The average Bonchev–Trinajstić information content (AvgIpc) is 2.76. The zero-order chi connectivity index (χ0) is 12.3. The molecule has 0 fully saturated rings. The molecule has 2 rings (SSSR count). The summed E-state index contributed by atoms with van der Waals surface area (Å²) in [4.78, 5) is 3.98. The van der Waals surface area contributed by atoms with E-state index in [-0.39, 0.29) is 18.3 Å². The molecule has 1 heterocycles. The highest BCUT2D eigenvalue weighted by atomic mass is 19.1. The lowest BCUT2D eigenvalue weighted by atomic mass is 10.1. The van der Waals surface area contributed by atoms with Gasteiger partial charge in [-0.1, -0.05) is 17.3 Å². The fourth-order valence-corrected chi connectivity index (χ4v) is 1.40. The molecule has 3 N–H and O–H groups in total. The van der Waals surface area contributed by atoms with Crippen molar-refractivity contribution in [3.05, 3.63) is 47.4 Å². The van der Waals surface area contributed by atoms with Gasteiger partial charge in [0.1, 0.15) is 11.9 Å². The first kappa shape index (κ1) is 11.7. The molecule has 1 unspecified atom stereocenters. The molecular formula is C11H12FN3O2. The van der Waals surface area contributed by atoms with Gasteiger partial charge in [0.05, 0.1) is 0 Å². The molecule has 1 aromatic heterocycles. The first-order valence-electron chi connectivity index (χ1n) is 5.14. The Morgan fingerprint density at radius 3 is 3.00 bits per heavy atom. The third kappa shape index (κ3) is 2.86. The van der Waals surface area contributed by atoms with E-state index in [0.717, 1.165) is 5.56 Å². The Morgan fingerprint density at radius 2 is 2.29 bits per heavy atom. The van der Waals surface area contributed by atoms with Crippen LogP contribution in [0.5, 0.6) is 0 Å². The smallest absolute Gasteiger partial charge is 0.256 e. The summed E-state index contributed by atoms with van der Waals surface area (Å²) in [6.07, 6.45) is -0.609. The Hall–Kier alpha value is -1.79. The Balaban J connectivity index is 2.11. The summed E-state index contributed by atoms with van der Waals surface area (Å²) in [5.41, 5.74) is 5.99. The van der Waals surface area contributed by atoms with Crippen molar-refractivity contribution in [3.63, 3.8) is 0 Å². The van der Waals surface area contributed by atoms with Gasteiger partial charge in [-0.3, -0.25) is 0 Å². The highest BCUT2D eigenvalue weighted by molar-refractivity contribution is 5.19. The summed E-state index contributed by atoms with van der Waals surface area (Å²) in [5.74, 6) is 0.158. The number of halogens is 1. The number of benzene rings is 1. The molecular weight excluding hydrogens is 225 g/mol. The molecule has 5 nitrogen and oxygen atoms in total. The zero-order valence-electron chi connectivity index (χ0n) is 9.01. The van der Waals surface area contributed by atoms with Crippen molar-refractivity contribution in [1.82, 2.24) is 10.1 Å². The number of aliphatic hydroxyl groups excluding tert-OH is 1. The van der Waals surface area contributed by atoms with E-state index >= 15 is 0 Å². The summed E-state index contributed by atoms with van der Waals surface area (Å²) in [6, 6.07) is 6.14. The van der Waals surface area contributed by atoms with Gasteiger partial charge in [0.15, 0.2) is 5.82 Å². The standard InChI is InChI=1S/C11H12FN3O2/c12-8-3-1-2-7(4-8)5-10-14-11(17-15-10)9(16)6-13/h1-4,9,16H,5-6,13H2. The number of hydrogen-bond acceptors (Lipinski definition) is 5. The predicted molar refractivity (Wildman–Crippen MR) is 57.5 cm³/mol. The average molecular weight is 237 g/mol. The van der Waals surface area contributed by atoms with Crippen LogP contribution in [0.4, 0.5) is 4.39 Å². The van der Waals surface area contributed by atoms with Crippen molar-refractivity contribution in [2.45, 2.75) is 12.5 Å². The second-order valence-electron chi connectivity index (χ2n) is 3.61. The van der Waals surface area contributed by atoms with Gasteiger partial charge in [0.2, 0.25) is 0 Å². The normalized spacial score (nSPS) is 12.6. The van der Waals surface area contributed by atoms with E-state index in [1.165, 1.54) is 12.1 Å². The van der Waals surface area contributed by atoms with Gasteiger partial charge in [-0.25, -0.2) is 4.39 Å². The molecule has 0 aliphatic rings. The molecule has 1 atom stereocenters. The maximum Gasteiger partial charge on any atom is 0.256 e. The second kappa shape index (κ2) is 5.03. The molecule has 0 aliphatic heterocycles. The maximum absolute atomic E-state index is 12.9. The van der Waals surface area contributed by atoms with Gasteiger partial charge < -0.3 is 15.4 Å². The molecule has 0 saturated heterocycles. The van der Waals surface area contributed by atoms with Crippen molar-refractivity contribution >= 4 is 0 Å². The summed E-state index contributed by atoms with van der Waals surface area (Å²) in [7, 11) is 0. The number of nitrogens with zero attached hydrogens (tertiary/aromatic N) is 2. The van der Waals surface area contributed by atoms with E-state index in [2.05, 4.69) is 10.1 Å². The highest BCUT2D eigenvalue weighted by Gasteiger charge is 2.14. The number of aromatic nitrogens is 2.